The number of nitrogens with one attached hydrogen (secondary N) is 1. The summed E-state index contributed by atoms with van der Waals surface area (Å²) in [5.41, 5.74) is 0. The number of piperazine rings is 1. The molecule has 0 aromatic rings. The van der Waals surface area contributed by atoms with Crippen molar-refractivity contribution in [2.75, 3.05) is 40.3 Å². The minimum Gasteiger partial charge on any atom is -0.347 e. The summed E-state index contributed by atoms with van der Waals surface area (Å²) in [5.74, 6) is 0.226. The number of rotatable bonds is 5. The second-order valence-electron chi connectivity index (χ2n) is 4.70. The van der Waals surface area contributed by atoms with Crippen LogP contribution >= 0.6 is 0 Å². The van der Waals surface area contributed by atoms with Crippen LogP contribution in [-0.2, 0) is 4.79 Å². The summed E-state index contributed by atoms with van der Waals surface area (Å²) in [4.78, 5) is 16.0. The van der Waals surface area contributed by atoms with E-state index in [1.54, 1.807) is 4.90 Å². The molecule has 1 aliphatic rings. The molecule has 4 nitrogen and oxygen atoms in total. The summed E-state index contributed by atoms with van der Waals surface area (Å²) in [6.45, 7) is 6.06. The van der Waals surface area contributed by atoms with Crippen LogP contribution in [0.2, 0.25) is 0 Å². The molecule has 4 heteroatoms. The van der Waals surface area contributed by atoms with Crippen molar-refractivity contribution in [2.24, 2.45) is 0 Å². The molecular formula is C12H25N3O. The van der Waals surface area contributed by atoms with Crippen LogP contribution in [0.15, 0.2) is 0 Å². The van der Waals surface area contributed by atoms with Gasteiger partial charge in [0.15, 0.2) is 0 Å². The highest BCUT2D eigenvalue weighted by atomic mass is 16.2. The molecule has 1 N–H and O–H groups in total. The summed E-state index contributed by atoms with van der Waals surface area (Å²) in [6, 6.07) is 0.0422. The van der Waals surface area contributed by atoms with E-state index in [9.17, 15) is 4.79 Å². The fraction of sp³-hybridized carbons (Fsp3) is 0.917. The zero-order valence-electron chi connectivity index (χ0n) is 10.8. The van der Waals surface area contributed by atoms with Gasteiger partial charge in [-0.1, -0.05) is 19.8 Å². The van der Waals surface area contributed by atoms with Crippen LogP contribution < -0.4 is 5.32 Å². The lowest BCUT2D eigenvalue weighted by molar-refractivity contribution is -0.135. The molecule has 1 atom stereocenters. The smallest absolute Gasteiger partial charge is 0.240 e. The summed E-state index contributed by atoms with van der Waals surface area (Å²) in [5, 5.41) is 3.30. The van der Waals surface area contributed by atoms with Crippen molar-refractivity contribution in [2.45, 2.75) is 32.2 Å². The van der Waals surface area contributed by atoms with Gasteiger partial charge in [-0.25, -0.2) is 0 Å². The molecule has 1 unspecified atom stereocenters. The molecule has 0 saturated carbocycles. The predicted octanol–water partition coefficient (Wildman–Crippen LogP) is 0.539. The number of hydrogen-bond acceptors (Lipinski definition) is 3. The van der Waals surface area contributed by atoms with Crippen LogP contribution in [0.25, 0.3) is 0 Å². The van der Waals surface area contributed by atoms with Gasteiger partial charge in [-0.15, -0.1) is 0 Å². The molecule has 1 saturated heterocycles. The van der Waals surface area contributed by atoms with Crippen molar-refractivity contribution in [3.8, 4) is 0 Å². The highest BCUT2D eigenvalue weighted by Gasteiger charge is 2.28. The Morgan fingerprint density at radius 3 is 2.81 bits per heavy atom. The number of likely N-dealkylation sites (N-methyl/N-ethyl adjacent to an activating group) is 1. The third-order valence-electron chi connectivity index (χ3n) is 3.13. The van der Waals surface area contributed by atoms with E-state index in [-0.39, 0.29) is 11.9 Å². The summed E-state index contributed by atoms with van der Waals surface area (Å²) < 4.78 is 0. The molecule has 0 aliphatic carbocycles. The van der Waals surface area contributed by atoms with E-state index >= 15 is 0 Å². The first-order valence-corrected chi connectivity index (χ1v) is 6.32. The van der Waals surface area contributed by atoms with Crippen molar-refractivity contribution < 1.29 is 4.79 Å². The van der Waals surface area contributed by atoms with Crippen LogP contribution in [0, 0.1) is 0 Å². The fourth-order valence-electron chi connectivity index (χ4n) is 2.12. The van der Waals surface area contributed by atoms with Crippen molar-refractivity contribution in [1.29, 1.82) is 0 Å². The largest absolute Gasteiger partial charge is 0.347 e. The minimum atomic E-state index is 0.0422. The summed E-state index contributed by atoms with van der Waals surface area (Å²) in [7, 11) is 3.67. The Morgan fingerprint density at radius 2 is 2.19 bits per heavy atom. The van der Waals surface area contributed by atoms with E-state index in [0.29, 0.717) is 0 Å². The van der Waals surface area contributed by atoms with E-state index in [4.69, 9.17) is 0 Å². The molecule has 1 aliphatic heterocycles. The first-order chi connectivity index (χ1) is 7.66. The van der Waals surface area contributed by atoms with Crippen molar-refractivity contribution in [1.82, 2.24) is 15.1 Å². The molecule has 0 aromatic heterocycles. The average molecular weight is 227 g/mol. The maximum atomic E-state index is 12.0. The molecule has 1 heterocycles. The third kappa shape index (κ3) is 3.76. The van der Waals surface area contributed by atoms with E-state index in [1.807, 2.05) is 14.1 Å². The van der Waals surface area contributed by atoms with Crippen LogP contribution in [0.4, 0.5) is 0 Å². The standard InChI is InChI=1S/C12H25N3O/c1-4-5-6-8-15-9-7-13-10-11(15)12(16)14(2)3/h11,13H,4-10H2,1-3H3. The van der Waals surface area contributed by atoms with Gasteiger partial charge >= 0.3 is 0 Å². The first kappa shape index (κ1) is 13.5. The molecule has 1 fully saturated rings. The number of amides is 1. The lowest BCUT2D eigenvalue weighted by Gasteiger charge is -2.36. The third-order valence-corrected chi connectivity index (χ3v) is 3.13. The topological polar surface area (TPSA) is 35.6 Å². The van der Waals surface area contributed by atoms with Crippen molar-refractivity contribution >= 4 is 5.91 Å². The number of hydrogen-bond donors (Lipinski definition) is 1. The highest BCUT2D eigenvalue weighted by molar-refractivity contribution is 5.81. The summed E-state index contributed by atoms with van der Waals surface area (Å²) >= 11 is 0. The van der Waals surface area contributed by atoms with E-state index in [0.717, 1.165) is 26.2 Å². The van der Waals surface area contributed by atoms with Crippen molar-refractivity contribution in [3.05, 3.63) is 0 Å². The Balaban J connectivity index is 2.46. The molecular weight excluding hydrogens is 202 g/mol. The van der Waals surface area contributed by atoms with Gasteiger partial charge in [0.1, 0.15) is 6.04 Å². The van der Waals surface area contributed by atoms with Gasteiger partial charge in [-0.2, -0.15) is 0 Å². The maximum Gasteiger partial charge on any atom is 0.240 e. The molecule has 0 radical (unpaired) electrons. The molecule has 94 valence electrons. The second kappa shape index (κ2) is 6.86. The zero-order chi connectivity index (χ0) is 12.0. The predicted molar refractivity (Wildman–Crippen MR) is 66.4 cm³/mol. The Labute approximate surface area is 99.0 Å². The number of carbonyl (C=O) groups is 1. The summed E-state index contributed by atoms with van der Waals surface area (Å²) in [6.07, 6.45) is 3.69. The van der Waals surface area contributed by atoms with Gasteiger partial charge in [-0.05, 0) is 13.0 Å². The minimum absolute atomic E-state index is 0.0422. The van der Waals surface area contributed by atoms with E-state index < -0.39 is 0 Å². The average Bonchev–Trinajstić information content (AvgIpc) is 2.29. The monoisotopic (exact) mass is 227 g/mol. The van der Waals surface area contributed by atoms with Gasteiger partial charge in [0.2, 0.25) is 5.91 Å². The maximum absolute atomic E-state index is 12.0. The number of unbranched alkanes of at least 4 members (excludes halogenated alkanes) is 2. The molecule has 0 aromatic carbocycles. The van der Waals surface area contributed by atoms with Gasteiger partial charge in [0, 0.05) is 33.7 Å². The van der Waals surface area contributed by atoms with Gasteiger partial charge in [-0.3, -0.25) is 9.69 Å². The quantitative estimate of drug-likeness (QED) is 0.696. The van der Waals surface area contributed by atoms with Crippen LogP contribution in [0.3, 0.4) is 0 Å². The van der Waals surface area contributed by atoms with Gasteiger partial charge in [0.05, 0.1) is 0 Å². The second-order valence-corrected chi connectivity index (χ2v) is 4.70. The van der Waals surface area contributed by atoms with E-state index in [1.165, 1.54) is 19.3 Å². The highest BCUT2D eigenvalue weighted by Crippen LogP contribution is 2.08. The molecule has 1 amide bonds. The molecule has 0 spiro atoms. The van der Waals surface area contributed by atoms with Gasteiger partial charge < -0.3 is 10.2 Å². The molecule has 0 bridgehead atoms. The van der Waals surface area contributed by atoms with Gasteiger partial charge in [0.25, 0.3) is 0 Å². The lowest BCUT2D eigenvalue weighted by atomic mass is 10.1. The Kier molecular flexibility index (Phi) is 5.77. The number of carbonyl (C=O) groups excluding carboxylic acids is 1. The SMILES string of the molecule is CCCCCN1CCNCC1C(=O)N(C)C. The van der Waals surface area contributed by atoms with E-state index in [2.05, 4.69) is 17.1 Å². The Hall–Kier alpha value is -0.610. The van der Waals surface area contributed by atoms with Crippen LogP contribution in [-0.4, -0.2) is 62.0 Å². The van der Waals surface area contributed by atoms with Crippen LogP contribution in [0.1, 0.15) is 26.2 Å². The lowest BCUT2D eigenvalue weighted by Crippen LogP contribution is -2.57. The first-order valence-electron chi connectivity index (χ1n) is 6.32. The van der Waals surface area contributed by atoms with Crippen LogP contribution in [0.5, 0.6) is 0 Å². The fourth-order valence-corrected chi connectivity index (χ4v) is 2.12. The Morgan fingerprint density at radius 1 is 1.44 bits per heavy atom. The van der Waals surface area contributed by atoms with Crippen molar-refractivity contribution in [3.63, 3.8) is 0 Å². The zero-order valence-corrected chi connectivity index (χ0v) is 10.8. The number of nitrogens with zero attached hydrogens (tertiary/aromatic N) is 2. The normalized spacial score (nSPS) is 22.1. The molecule has 16 heavy (non-hydrogen) atoms. The molecule has 1 rings (SSSR count). The Bertz CT molecular complexity index is 218.